The molecule has 0 N–H and O–H groups in total. The first-order valence-corrected chi connectivity index (χ1v) is 6.44. The second-order valence-corrected chi connectivity index (χ2v) is 3.89. The average Bonchev–Trinajstić information content (AvgIpc) is 2.31. The molecule has 0 bridgehead atoms. The van der Waals surface area contributed by atoms with Crippen LogP contribution in [0.1, 0.15) is 51.9 Å². The zero-order valence-electron chi connectivity index (χ0n) is 10.7. The van der Waals surface area contributed by atoms with E-state index in [0.717, 1.165) is 6.42 Å². The summed E-state index contributed by atoms with van der Waals surface area (Å²) in [5, 5.41) is 0. The summed E-state index contributed by atoms with van der Waals surface area (Å²) in [7, 11) is 0. The Hall–Kier alpha value is -1.04. The van der Waals surface area contributed by atoms with Gasteiger partial charge in [0.05, 0.1) is 0 Å². The van der Waals surface area contributed by atoms with E-state index in [-0.39, 0.29) is 0 Å². The molecule has 0 aromatic carbocycles. The Bertz CT molecular complexity index is 218. The SMILES string of the molecule is C=CCCCC=CCCC=CCCC=CC. The van der Waals surface area contributed by atoms with Gasteiger partial charge in [-0.2, -0.15) is 0 Å². The zero-order chi connectivity index (χ0) is 11.9. The summed E-state index contributed by atoms with van der Waals surface area (Å²) in [5.41, 5.74) is 0. The van der Waals surface area contributed by atoms with Crippen molar-refractivity contribution in [3.63, 3.8) is 0 Å². The highest BCUT2D eigenvalue weighted by atomic mass is 13.9. The fourth-order valence-corrected chi connectivity index (χ4v) is 1.40. The van der Waals surface area contributed by atoms with Gasteiger partial charge in [0.25, 0.3) is 0 Å². The van der Waals surface area contributed by atoms with Crippen LogP contribution in [-0.2, 0) is 0 Å². The van der Waals surface area contributed by atoms with E-state index < -0.39 is 0 Å². The van der Waals surface area contributed by atoms with Crippen LogP contribution in [0.2, 0.25) is 0 Å². The van der Waals surface area contributed by atoms with Crippen LogP contribution in [0.25, 0.3) is 0 Å². The molecule has 0 spiro atoms. The van der Waals surface area contributed by atoms with Crippen LogP contribution in [0.15, 0.2) is 49.1 Å². The summed E-state index contributed by atoms with van der Waals surface area (Å²) >= 11 is 0. The van der Waals surface area contributed by atoms with E-state index in [1.807, 2.05) is 6.08 Å². The lowest BCUT2D eigenvalue weighted by molar-refractivity contribution is 0.864. The monoisotopic (exact) mass is 218 g/mol. The third-order valence-corrected chi connectivity index (χ3v) is 2.35. The molecule has 0 saturated carbocycles. The molecule has 0 heterocycles. The largest absolute Gasteiger partial charge is 0.103 e. The molecule has 90 valence electrons. The third kappa shape index (κ3) is 13.0. The molecule has 0 heteroatoms. The summed E-state index contributed by atoms with van der Waals surface area (Å²) in [5.74, 6) is 0. The maximum atomic E-state index is 3.71. The Morgan fingerprint density at radius 3 is 1.69 bits per heavy atom. The topological polar surface area (TPSA) is 0 Å². The molecule has 16 heavy (non-hydrogen) atoms. The Morgan fingerprint density at radius 2 is 1.19 bits per heavy atom. The molecule has 0 aromatic rings. The molecule has 0 aliphatic rings. The van der Waals surface area contributed by atoms with Crippen molar-refractivity contribution in [1.82, 2.24) is 0 Å². The highest BCUT2D eigenvalue weighted by Crippen LogP contribution is 2.01. The van der Waals surface area contributed by atoms with E-state index >= 15 is 0 Å². The van der Waals surface area contributed by atoms with E-state index in [1.54, 1.807) is 0 Å². The predicted octanol–water partition coefficient (Wildman–Crippen LogP) is 5.59. The van der Waals surface area contributed by atoms with E-state index in [0.29, 0.717) is 0 Å². The van der Waals surface area contributed by atoms with Crippen molar-refractivity contribution in [3.05, 3.63) is 49.1 Å². The molecule has 0 aromatic heterocycles. The van der Waals surface area contributed by atoms with Gasteiger partial charge in [-0.05, 0) is 51.9 Å². The molecule has 0 aliphatic heterocycles. The molecule has 0 nitrogen and oxygen atoms in total. The molecular formula is C16H26. The summed E-state index contributed by atoms with van der Waals surface area (Å²) in [6.07, 6.45) is 23.7. The number of hydrogen-bond donors (Lipinski definition) is 0. The zero-order valence-corrected chi connectivity index (χ0v) is 10.7. The van der Waals surface area contributed by atoms with E-state index in [1.165, 1.54) is 38.5 Å². The second-order valence-electron chi connectivity index (χ2n) is 3.89. The minimum Gasteiger partial charge on any atom is -0.103 e. The van der Waals surface area contributed by atoms with Crippen LogP contribution in [0.4, 0.5) is 0 Å². The minimum atomic E-state index is 1.13. The smallest absolute Gasteiger partial charge is 0.0316 e. The summed E-state index contributed by atoms with van der Waals surface area (Å²) in [4.78, 5) is 0. The highest BCUT2D eigenvalue weighted by Gasteiger charge is 1.80. The number of rotatable bonds is 10. The molecule has 0 aliphatic carbocycles. The van der Waals surface area contributed by atoms with Crippen LogP contribution in [0.3, 0.4) is 0 Å². The Labute approximate surface area is 101 Å². The van der Waals surface area contributed by atoms with E-state index in [2.05, 4.69) is 50.0 Å². The predicted molar refractivity (Wildman–Crippen MR) is 75.6 cm³/mol. The Kier molecular flexibility index (Phi) is 13.1. The van der Waals surface area contributed by atoms with Gasteiger partial charge in [0.1, 0.15) is 0 Å². The van der Waals surface area contributed by atoms with Crippen molar-refractivity contribution in [2.75, 3.05) is 0 Å². The first-order valence-electron chi connectivity index (χ1n) is 6.44. The first kappa shape index (κ1) is 15.0. The van der Waals surface area contributed by atoms with E-state index in [4.69, 9.17) is 0 Å². The summed E-state index contributed by atoms with van der Waals surface area (Å²) in [6.45, 7) is 5.78. The third-order valence-electron chi connectivity index (χ3n) is 2.35. The van der Waals surface area contributed by atoms with Gasteiger partial charge in [-0.1, -0.05) is 42.5 Å². The molecular weight excluding hydrogens is 192 g/mol. The lowest BCUT2D eigenvalue weighted by atomic mass is 10.2. The Balaban J connectivity index is 3.21. The first-order chi connectivity index (χ1) is 7.91. The molecule has 0 atom stereocenters. The maximum Gasteiger partial charge on any atom is -0.0316 e. The summed E-state index contributed by atoms with van der Waals surface area (Å²) < 4.78 is 0. The van der Waals surface area contributed by atoms with Crippen LogP contribution in [0, 0.1) is 0 Å². The molecule has 0 fully saturated rings. The number of hydrogen-bond acceptors (Lipinski definition) is 0. The second kappa shape index (κ2) is 14.0. The van der Waals surface area contributed by atoms with Crippen LogP contribution < -0.4 is 0 Å². The fraction of sp³-hybridized carbons (Fsp3) is 0.500. The molecule has 0 saturated heterocycles. The molecule has 0 unspecified atom stereocenters. The van der Waals surface area contributed by atoms with Crippen molar-refractivity contribution in [2.45, 2.75) is 51.9 Å². The van der Waals surface area contributed by atoms with Crippen molar-refractivity contribution >= 4 is 0 Å². The quantitative estimate of drug-likeness (QED) is 0.331. The Morgan fingerprint density at radius 1 is 0.688 bits per heavy atom. The van der Waals surface area contributed by atoms with Crippen molar-refractivity contribution in [3.8, 4) is 0 Å². The maximum absolute atomic E-state index is 3.71. The van der Waals surface area contributed by atoms with Crippen LogP contribution in [0.5, 0.6) is 0 Å². The van der Waals surface area contributed by atoms with Gasteiger partial charge in [0.15, 0.2) is 0 Å². The minimum absolute atomic E-state index is 1.13. The average molecular weight is 218 g/mol. The van der Waals surface area contributed by atoms with Crippen LogP contribution in [-0.4, -0.2) is 0 Å². The van der Waals surface area contributed by atoms with Crippen LogP contribution >= 0.6 is 0 Å². The van der Waals surface area contributed by atoms with Crippen molar-refractivity contribution in [2.24, 2.45) is 0 Å². The fourth-order valence-electron chi connectivity index (χ4n) is 1.40. The summed E-state index contributed by atoms with van der Waals surface area (Å²) in [6, 6.07) is 0. The molecule has 0 amide bonds. The lowest BCUT2D eigenvalue weighted by Crippen LogP contribution is -1.70. The highest BCUT2D eigenvalue weighted by molar-refractivity contribution is 4.90. The number of allylic oxidation sites excluding steroid dienone is 7. The van der Waals surface area contributed by atoms with Crippen molar-refractivity contribution in [1.29, 1.82) is 0 Å². The molecule has 0 rings (SSSR count). The van der Waals surface area contributed by atoms with Gasteiger partial charge in [-0.25, -0.2) is 0 Å². The van der Waals surface area contributed by atoms with Gasteiger partial charge in [-0.15, -0.1) is 6.58 Å². The van der Waals surface area contributed by atoms with Gasteiger partial charge in [-0.3, -0.25) is 0 Å². The molecule has 0 radical (unpaired) electrons. The van der Waals surface area contributed by atoms with Gasteiger partial charge in [0.2, 0.25) is 0 Å². The lowest BCUT2D eigenvalue weighted by Gasteiger charge is -1.90. The normalized spacial score (nSPS) is 12.1. The number of unbranched alkanes of at least 4 members (excludes halogenated alkanes) is 4. The van der Waals surface area contributed by atoms with E-state index in [9.17, 15) is 0 Å². The van der Waals surface area contributed by atoms with Gasteiger partial charge < -0.3 is 0 Å². The van der Waals surface area contributed by atoms with Gasteiger partial charge in [0, 0.05) is 0 Å². The standard InChI is InChI=1S/C16H26/c1-3-5-7-9-11-13-15-16-14-12-10-8-6-4-2/h3-4,6,11-14H,1,5,7-10,15-16H2,2H3. The van der Waals surface area contributed by atoms with Crippen molar-refractivity contribution < 1.29 is 0 Å². The van der Waals surface area contributed by atoms with Gasteiger partial charge >= 0.3 is 0 Å².